The smallest absolute Gasteiger partial charge is 0.128 e. The van der Waals surface area contributed by atoms with E-state index in [-0.39, 0.29) is 5.82 Å². The maximum Gasteiger partial charge on any atom is 0.128 e. The maximum atomic E-state index is 14.1. The Hall–Kier alpha value is -3.41. The summed E-state index contributed by atoms with van der Waals surface area (Å²) < 4.78 is 14.1. The van der Waals surface area contributed by atoms with E-state index >= 15 is 0 Å². The van der Waals surface area contributed by atoms with Gasteiger partial charge in [0.15, 0.2) is 0 Å². The lowest BCUT2D eigenvalue weighted by atomic mass is 10.1. The molecule has 0 heterocycles. The van der Waals surface area contributed by atoms with Crippen LogP contribution in [0.1, 0.15) is 39.2 Å². The number of hydrogen-bond acceptors (Lipinski definition) is 5. The Bertz CT molecular complexity index is 1040. The van der Waals surface area contributed by atoms with Crippen LogP contribution in [0, 0.1) is 5.82 Å². The summed E-state index contributed by atoms with van der Waals surface area (Å²) >= 11 is 0. The fraction of sp³-hybridized carbons (Fsp3) is 0.308. The molecular weight excluding hydrogens is 401 g/mol. The number of hydrogen-bond donors (Lipinski definition) is 0. The molecule has 0 aliphatic heterocycles. The van der Waals surface area contributed by atoms with E-state index in [2.05, 4.69) is 58.3 Å². The topological polar surface area (TPSA) is 52.7 Å². The van der Waals surface area contributed by atoms with Crippen molar-refractivity contribution >= 4 is 28.4 Å². The third-order valence-corrected chi connectivity index (χ3v) is 5.23. The van der Waals surface area contributed by atoms with Gasteiger partial charge in [-0.1, -0.05) is 19.4 Å². The predicted molar refractivity (Wildman–Crippen MR) is 130 cm³/mol. The molecule has 0 bridgehead atoms. The van der Waals surface area contributed by atoms with Gasteiger partial charge in [-0.2, -0.15) is 20.5 Å². The van der Waals surface area contributed by atoms with Gasteiger partial charge in [-0.05, 0) is 86.8 Å². The average Bonchev–Trinajstić information content (AvgIpc) is 2.83. The molecule has 0 aromatic heterocycles. The molecule has 0 radical (unpaired) electrons. The number of aryl methyl sites for hydroxylation is 1. The van der Waals surface area contributed by atoms with Crippen LogP contribution in [0.4, 0.5) is 32.8 Å². The van der Waals surface area contributed by atoms with Crippen molar-refractivity contribution in [2.45, 2.75) is 40.0 Å². The fourth-order valence-electron chi connectivity index (χ4n) is 3.30. The van der Waals surface area contributed by atoms with E-state index in [1.807, 2.05) is 36.4 Å². The van der Waals surface area contributed by atoms with E-state index in [0.29, 0.717) is 11.4 Å². The molecule has 0 atom stereocenters. The second kappa shape index (κ2) is 11.8. The fourth-order valence-corrected chi connectivity index (χ4v) is 3.30. The first-order chi connectivity index (χ1) is 15.6. The summed E-state index contributed by atoms with van der Waals surface area (Å²) in [4.78, 5) is 2.28. The van der Waals surface area contributed by atoms with Crippen molar-refractivity contribution < 1.29 is 4.39 Å². The van der Waals surface area contributed by atoms with Crippen molar-refractivity contribution in [2.24, 2.45) is 20.5 Å². The Balaban J connectivity index is 1.60. The molecule has 0 aliphatic carbocycles. The van der Waals surface area contributed by atoms with Gasteiger partial charge in [0.25, 0.3) is 0 Å². The van der Waals surface area contributed by atoms with Crippen LogP contribution in [0.5, 0.6) is 0 Å². The molecule has 3 aromatic rings. The first-order valence-corrected chi connectivity index (χ1v) is 11.2. The minimum Gasteiger partial charge on any atom is -0.372 e. The normalized spacial score (nSPS) is 11.5. The summed E-state index contributed by atoms with van der Waals surface area (Å²) in [7, 11) is 0. The van der Waals surface area contributed by atoms with E-state index in [1.165, 1.54) is 11.8 Å². The van der Waals surface area contributed by atoms with E-state index < -0.39 is 0 Å². The number of nitrogens with zero attached hydrogens (tertiary/aromatic N) is 5. The van der Waals surface area contributed by atoms with Crippen LogP contribution in [-0.2, 0) is 6.42 Å². The SMILES string of the molecule is CCCCc1ccc(N=Nc2ccc(N=Nc3ccc(N(CC)CC)cc3)cc2)cc1F. The van der Waals surface area contributed by atoms with Gasteiger partial charge in [-0.15, -0.1) is 0 Å². The Kier molecular flexibility index (Phi) is 8.61. The van der Waals surface area contributed by atoms with Gasteiger partial charge in [0.2, 0.25) is 0 Å². The molecule has 0 aliphatic rings. The largest absolute Gasteiger partial charge is 0.372 e. The molecule has 0 unspecified atom stereocenters. The van der Waals surface area contributed by atoms with Gasteiger partial charge in [-0.3, -0.25) is 0 Å². The molecule has 3 rings (SSSR count). The molecule has 32 heavy (non-hydrogen) atoms. The third kappa shape index (κ3) is 6.54. The second-order valence-electron chi connectivity index (χ2n) is 7.48. The molecule has 0 fully saturated rings. The van der Waals surface area contributed by atoms with E-state index in [9.17, 15) is 4.39 Å². The molecule has 5 nitrogen and oxygen atoms in total. The van der Waals surface area contributed by atoms with Gasteiger partial charge in [0.1, 0.15) is 5.82 Å². The van der Waals surface area contributed by atoms with Crippen LogP contribution in [0.3, 0.4) is 0 Å². The average molecular weight is 432 g/mol. The van der Waals surface area contributed by atoms with Crippen LogP contribution >= 0.6 is 0 Å². The zero-order valence-corrected chi connectivity index (χ0v) is 19.0. The molecule has 0 saturated heterocycles. The lowest BCUT2D eigenvalue weighted by Crippen LogP contribution is -2.21. The monoisotopic (exact) mass is 431 g/mol. The van der Waals surface area contributed by atoms with Gasteiger partial charge in [-0.25, -0.2) is 4.39 Å². The number of azo groups is 2. The summed E-state index contributed by atoms with van der Waals surface area (Å²) in [6, 6.07) is 20.4. The van der Waals surface area contributed by atoms with Gasteiger partial charge < -0.3 is 4.90 Å². The highest BCUT2D eigenvalue weighted by atomic mass is 19.1. The first-order valence-electron chi connectivity index (χ1n) is 11.2. The lowest BCUT2D eigenvalue weighted by Gasteiger charge is -2.20. The standard InChI is InChI=1S/C26H30FN5/c1-4-7-8-20-9-10-24(19-26(20)27)31-30-22-13-11-21(12-14-22)28-29-23-15-17-25(18-16-23)32(5-2)6-3/h9-19H,4-8H2,1-3H3. The molecule has 3 aromatic carbocycles. The molecule has 6 heteroatoms. The third-order valence-electron chi connectivity index (χ3n) is 5.23. The zero-order valence-electron chi connectivity index (χ0n) is 19.0. The number of unbranched alkanes of at least 4 members (excludes halogenated alkanes) is 1. The van der Waals surface area contributed by atoms with Gasteiger partial charge >= 0.3 is 0 Å². The van der Waals surface area contributed by atoms with Crippen molar-refractivity contribution in [3.63, 3.8) is 0 Å². The quantitative estimate of drug-likeness (QED) is 0.296. The predicted octanol–water partition coefficient (Wildman–Crippen LogP) is 8.85. The van der Waals surface area contributed by atoms with Crippen LogP contribution < -0.4 is 4.90 Å². The Morgan fingerprint density at radius 1 is 0.656 bits per heavy atom. The number of halogens is 1. The van der Waals surface area contributed by atoms with Gasteiger partial charge in [0.05, 0.1) is 22.7 Å². The maximum absolute atomic E-state index is 14.1. The minimum absolute atomic E-state index is 0.226. The molecule has 0 amide bonds. The van der Waals surface area contributed by atoms with Crippen LogP contribution in [0.15, 0.2) is 87.2 Å². The van der Waals surface area contributed by atoms with Crippen molar-refractivity contribution in [3.05, 3.63) is 78.1 Å². The molecule has 0 saturated carbocycles. The lowest BCUT2D eigenvalue weighted by molar-refractivity contribution is 0.603. The van der Waals surface area contributed by atoms with E-state index in [4.69, 9.17) is 0 Å². The van der Waals surface area contributed by atoms with Crippen LogP contribution in [0.2, 0.25) is 0 Å². The zero-order chi connectivity index (χ0) is 22.8. The molecule has 0 spiro atoms. The second-order valence-corrected chi connectivity index (χ2v) is 7.48. The molecular formula is C26H30FN5. The molecule has 166 valence electrons. The highest BCUT2D eigenvalue weighted by molar-refractivity contribution is 5.53. The Labute approximate surface area is 189 Å². The van der Waals surface area contributed by atoms with Crippen molar-refractivity contribution in [2.75, 3.05) is 18.0 Å². The number of benzene rings is 3. The van der Waals surface area contributed by atoms with Crippen molar-refractivity contribution in [3.8, 4) is 0 Å². The summed E-state index contributed by atoms with van der Waals surface area (Å²) in [5.74, 6) is -0.226. The van der Waals surface area contributed by atoms with E-state index in [1.54, 1.807) is 12.1 Å². The summed E-state index contributed by atoms with van der Waals surface area (Å²) in [5.41, 5.74) is 4.60. The van der Waals surface area contributed by atoms with Crippen LogP contribution in [0.25, 0.3) is 0 Å². The summed E-state index contributed by atoms with van der Waals surface area (Å²) in [6.45, 7) is 8.32. The van der Waals surface area contributed by atoms with Gasteiger partial charge in [0, 0.05) is 24.8 Å². The van der Waals surface area contributed by atoms with Crippen LogP contribution in [-0.4, -0.2) is 13.1 Å². The Morgan fingerprint density at radius 3 is 1.59 bits per heavy atom. The minimum atomic E-state index is -0.226. The highest BCUT2D eigenvalue weighted by Crippen LogP contribution is 2.25. The summed E-state index contributed by atoms with van der Waals surface area (Å²) in [6.07, 6.45) is 2.76. The number of rotatable bonds is 10. The molecule has 0 N–H and O–H groups in total. The summed E-state index contributed by atoms with van der Waals surface area (Å²) in [5, 5.41) is 16.9. The van der Waals surface area contributed by atoms with Crippen molar-refractivity contribution in [1.82, 2.24) is 0 Å². The number of anilines is 1. The Morgan fingerprint density at radius 2 is 1.12 bits per heavy atom. The highest BCUT2D eigenvalue weighted by Gasteiger charge is 2.03. The van der Waals surface area contributed by atoms with E-state index in [0.717, 1.165) is 49.3 Å². The van der Waals surface area contributed by atoms with Crippen molar-refractivity contribution in [1.29, 1.82) is 0 Å². The first kappa shape index (κ1) is 23.3.